The maximum atomic E-state index is 14.9. The van der Waals surface area contributed by atoms with Gasteiger partial charge in [-0.05, 0) is 79.5 Å². The molecule has 1 saturated carbocycles. The van der Waals surface area contributed by atoms with E-state index >= 15 is 0 Å². The molecule has 240 valence electrons. The van der Waals surface area contributed by atoms with E-state index < -0.39 is 58.4 Å². The Kier molecular flexibility index (Phi) is 6.43. The Hall–Kier alpha value is -4.35. The summed E-state index contributed by atoms with van der Waals surface area (Å²) < 4.78 is 17.5. The Bertz CT molecular complexity index is 2140. The summed E-state index contributed by atoms with van der Waals surface area (Å²) in [5.74, 6) is -5.89. The second kappa shape index (κ2) is 10.1. The van der Waals surface area contributed by atoms with Crippen LogP contribution in [-0.4, -0.2) is 50.5 Å². The van der Waals surface area contributed by atoms with Gasteiger partial charge in [0, 0.05) is 35.8 Å². The Morgan fingerprint density at radius 2 is 1.79 bits per heavy atom. The van der Waals surface area contributed by atoms with Gasteiger partial charge < -0.3 is 5.11 Å². The third-order valence-electron chi connectivity index (χ3n) is 11.0. The van der Waals surface area contributed by atoms with Gasteiger partial charge in [0.25, 0.3) is 0 Å². The van der Waals surface area contributed by atoms with Crippen molar-refractivity contribution in [3.05, 3.63) is 76.1 Å². The van der Waals surface area contributed by atoms with Crippen LogP contribution in [0.2, 0.25) is 5.02 Å². The van der Waals surface area contributed by atoms with Crippen LogP contribution in [0.3, 0.4) is 0 Å². The number of aromatic hydroxyl groups is 1. The van der Waals surface area contributed by atoms with Gasteiger partial charge in [-0.25, -0.2) is 9.29 Å². The fourth-order valence-corrected chi connectivity index (χ4v) is 10.0. The standard InChI is InChI=1S/C35H30ClFN4O5S/c1-15-20-12-17(36)6-10-26(20)47-30(15)24-14-27(40(4)38-24)41-32(44)22-13-21-18(7-8-19-28(21)33(45)39(3)31(19)43)29(35(22,2)34(41)46)16-5-9-25(42)23(37)11-16/h5-7,9-12,14,19,21-22,28-29,42H,8,13H2,1-4H3. The number of benzene rings is 2. The quantitative estimate of drug-likeness (QED) is 0.212. The minimum absolute atomic E-state index is 0.190. The van der Waals surface area contributed by atoms with Gasteiger partial charge in [0.1, 0.15) is 11.5 Å². The zero-order valence-electron chi connectivity index (χ0n) is 26.0. The molecule has 2 aliphatic carbocycles. The van der Waals surface area contributed by atoms with Crippen LogP contribution in [0.15, 0.2) is 54.1 Å². The largest absolute Gasteiger partial charge is 0.505 e. The first-order chi connectivity index (χ1) is 22.3. The number of aryl methyl sites for hydroxylation is 2. The summed E-state index contributed by atoms with van der Waals surface area (Å²) in [5, 5.41) is 16.4. The van der Waals surface area contributed by atoms with Crippen LogP contribution in [0, 0.1) is 41.8 Å². The third-order valence-corrected chi connectivity index (χ3v) is 12.5. The van der Waals surface area contributed by atoms with Crippen molar-refractivity contribution in [1.29, 1.82) is 0 Å². The molecule has 2 saturated heterocycles. The minimum atomic E-state index is -1.35. The molecular weight excluding hydrogens is 643 g/mol. The Balaban J connectivity index is 1.26. The van der Waals surface area contributed by atoms with Gasteiger partial charge in [-0.15, -0.1) is 11.3 Å². The number of carbonyl (C=O) groups is 4. The fraction of sp³-hybridized carbons (Fsp3) is 0.343. The molecule has 6 unspecified atom stereocenters. The molecule has 4 heterocycles. The number of phenolic OH excluding ortho intramolecular Hbond substituents is 1. The smallest absolute Gasteiger partial charge is 0.242 e. The van der Waals surface area contributed by atoms with Crippen LogP contribution in [0.4, 0.5) is 10.2 Å². The molecule has 47 heavy (non-hydrogen) atoms. The maximum Gasteiger partial charge on any atom is 0.242 e. The van der Waals surface area contributed by atoms with Crippen molar-refractivity contribution in [1.82, 2.24) is 14.7 Å². The van der Waals surface area contributed by atoms with Gasteiger partial charge in [0.15, 0.2) is 11.6 Å². The van der Waals surface area contributed by atoms with Crippen molar-refractivity contribution in [2.75, 3.05) is 11.9 Å². The number of hydrogen-bond donors (Lipinski definition) is 1. The van der Waals surface area contributed by atoms with Crippen molar-refractivity contribution < 1.29 is 28.7 Å². The number of halogens is 2. The molecule has 6 atom stereocenters. The monoisotopic (exact) mass is 672 g/mol. The summed E-state index contributed by atoms with van der Waals surface area (Å²) in [4.78, 5) is 59.0. The number of anilines is 1. The summed E-state index contributed by atoms with van der Waals surface area (Å²) in [6.45, 7) is 3.72. The van der Waals surface area contributed by atoms with E-state index in [0.717, 1.165) is 31.0 Å². The van der Waals surface area contributed by atoms with Crippen molar-refractivity contribution in [2.45, 2.75) is 32.6 Å². The molecule has 3 fully saturated rings. The number of allylic oxidation sites excluding steroid dienone is 2. The number of imide groups is 2. The van der Waals surface area contributed by atoms with Crippen molar-refractivity contribution >= 4 is 62.5 Å². The topological polar surface area (TPSA) is 113 Å². The van der Waals surface area contributed by atoms with Gasteiger partial charge in [-0.3, -0.25) is 28.8 Å². The molecule has 0 radical (unpaired) electrons. The molecule has 2 aromatic heterocycles. The molecule has 1 N–H and O–H groups in total. The lowest BCUT2D eigenvalue weighted by Gasteiger charge is -2.49. The van der Waals surface area contributed by atoms with E-state index in [9.17, 15) is 28.7 Å². The molecule has 2 aliphatic heterocycles. The van der Waals surface area contributed by atoms with Crippen molar-refractivity contribution in [3.63, 3.8) is 0 Å². The highest BCUT2D eigenvalue weighted by Crippen LogP contribution is 2.63. The molecule has 4 amide bonds. The van der Waals surface area contributed by atoms with Crippen molar-refractivity contribution in [2.24, 2.45) is 36.1 Å². The van der Waals surface area contributed by atoms with E-state index in [-0.39, 0.29) is 18.2 Å². The Morgan fingerprint density at radius 1 is 1.02 bits per heavy atom. The highest BCUT2D eigenvalue weighted by atomic mass is 35.5. The number of rotatable bonds is 3. The second-order valence-corrected chi connectivity index (χ2v) is 14.8. The van der Waals surface area contributed by atoms with Crippen LogP contribution in [-0.2, 0) is 26.2 Å². The normalized spacial score (nSPS) is 28.6. The number of carbonyl (C=O) groups excluding carboxylic acids is 4. The molecule has 4 aliphatic rings. The van der Waals surface area contributed by atoms with Gasteiger partial charge >= 0.3 is 0 Å². The lowest BCUT2D eigenvalue weighted by atomic mass is 9.51. The number of thiophene rings is 1. The van der Waals surface area contributed by atoms with Crippen LogP contribution >= 0.6 is 22.9 Å². The van der Waals surface area contributed by atoms with Crippen LogP contribution in [0.1, 0.15) is 36.8 Å². The molecule has 0 spiro atoms. The van der Waals surface area contributed by atoms with Crippen LogP contribution < -0.4 is 4.90 Å². The number of fused-ring (bicyclic) bond motifs is 5. The van der Waals surface area contributed by atoms with E-state index in [2.05, 4.69) is 0 Å². The van der Waals surface area contributed by atoms with Gasteiger partial charge in [-0.1, -0.05) is 29.3 Å². The fourth-order valence-electron chi connectivity index (χ4n) is 8.69. The number of hydrogen-bond acceptors (Lipinski definition) is 7. The average molecular weight is 673 g/mol. The van der Waals surface area contributed by atoms with Crippen LogP contribution in [0.25, 0.3) is 20.7 Å². The predicted octanol–water partition coefficient (Wildman–Crippen LogP) is 5.97. The first-order valence-electron chi connectivity index (χ1n) is 15.4. The first-order valence-corrected chi connectivity index (χ1v) is 16.6. The highest BCUT2D eigenvalue weighted by Gasteiger charge is 2.67. The summed E-state index contributed by atoms with van der Waals surface area (Å²) in [5.41, 5.74) is 1.41. The first kappa shape index (κ1) is 30.0. The molecule has 0 bridgehead atoms. The predicted molar refractivity (Wildman–Crippen MR) is 174 cm³/mol. The average Bonchev–Trinajstić information content (AvgIpc) is 3.70. The van der Waals surface area contributed by atoms with E-state index in [4.69, 9.17) is 16.7 Å². The number of amides is 4. The SMILES string of the molecule is Cc1c(-c2cc(N3C(=O)C4CC5C(=CCC6C(=O)N(C)C(=O)C65)C(c5ccc(O)c(F)c5)C4(C)C3=O)n(C)n2)sc2ccc(Cl)cc12. The lowest BCUT2D eigenvalue weighted by molar-refractivity contribution is -0.138. The van der Waals surface area contributed by atoms with Crippen LogP contribution in [0.5, 0.6) is 5.75 Å². The summed E-state index contributed by atoms with van der Waals surface area (Å²) >= 11 is 7.81. The van der Waals surface area contributed by atoms with E-state index in [1.54, 1.807) is 37.4 Å². The Morgan fingerprint density at radius 3 is 2.53 bits per heavy atom. The van der Waals surface area contributed by atoms with E-state index in [0.29, 0.717) is 28.5 Å². The summed E-state index contributed by atoms with van der Waals surface area (Å²) in [6.07, 6.45) is 2.40. The van der Waals surface area contributed by atoms with E-state index in [1.165, 1.54) is 28.8 Å². The third kappa shape index (κ3) is 3.96. The number of nitrogens with zero attached hydrogens (tertiary/aromatic N) is 4. The van der Waals surface area contributed by atoms with Crippen molar-refractivity contribution in [3.8, 4) is 16.3 Å². The molecule has 8 rings (SSSR count). The number of aromatic nitrogens is 2. The lowest BCUT2D eigenvalue weighted by Crippen LogP contribution is -2.48. The highest BCUT2D eigenvalue weighted by molar-refractivity contribution is 7.22. The summed E-state index contributed by atoms with van der Waals surface area (Å²) in [7, 11) is 3.16. The van der Waals surface area contributed by atoms with Gasteiger partial charge in [-0.2, -0.15) is 5.10 Å². The van der Waals surface area contributed by atoms with Gasteiger partial charge in [0.2, 0.25) is 23.6 Å². The molecular formula is C35H30ClFN4O5S. The van der Waals surface area contributed by atoms with E-state index in [1.807, 2.05) is 31.2 Å². The Labute approximate surface area is 278 Å². The zero-order valence-corrected chi connectivity index (χ0v) is 27.5. The molecule has 4 aromatic rings. The molecule has 12 heteroatoms. The van der Waals surface area contributed by atoms with Gasteiger partial charge in [0.05, 0.1) is 28.0 Å². The molecule has 2 aromatic carbocycles. The zero-order chi connectivity index (χ0) is 33.3. The minimum Gasteiger partial charge on any atom is -0.505 e. The number of phenols is 1. The number of likely N-dealkylation sites (tertiary alicyclic amines) is 1. The second-order valence-electron chi connectivity index (χ2n) is 13.3. The molecule has 9 nitrogen and oxygen atoms in total. The summed E-state index contributed by atoms with van der Waals surface area (Å²) in [6, 6.07) is 11.4. The maximum absolute atomic E-state index is 14.9.